The molecule has 0 spiro atoms. The molecule has 4 aromatic rings. The number of nitrogens with two attached hydrogens (primary N) is 2. The highest BCUT2D eigenvalue weighted by Crippen LogP contribution is 2.39. The van der Waals surface area contributed by atoms with Crippen molar-refractivity contribution in [3.63, 3.8) is 0 Å². The highest BCUT2D eigenvalue weighted by Gasteiger charge is 2.52. The molecule has 1 saturated heterocycles. The van der Waals surface area contributed by atoms with Crippen molar-refractivity contribution in [2.24, 2.45) is 0 Å². The Balaban J connectivity index is 0.000000250. The Bertz CT molecular complexity index is 1720. The zero-order valence-corrected chi connectivity index (χ0v) is 29.2. The van der Waals surface area contributed by atoms with Gasteiger partial charge in [0.1, 0.15) is 17.6 Å². The number of methoxy groups -OCH3 is 2. The first-order valence-electron chi connectivity index (χ1n) is 14.5. The average molecular weight is 699 g/mol. The SMILES string of the molecule is C.COc1ccc(Br)c(C#N)c1.Cc1cccc(N)c1B1OC(C)(C)C(C)(C)O1.[C-]#[N+]c1ccc(OC)cc1-c1c(C)cccc1N. The van der Waals surface area contributed by atoms with E-state index in [9.17, 15) is 0 Å². The first-order valence-corrected chi connectivity index (χ1v) is 15.3. The third-order valence-electron chi connectivity index (χ3n) is 8.04. The molecule has 0 bridgehead atoms. The van der Waals surface area contributed by atoms with Gasteiger partial charge in [-0.15, -0.1) is 0 Å². The number of hydrogen-bond acceptors (Lipinski definition) is 7. The van der Waals surface area contributed by atoms with E-state index in [1.165, 1.54) is 0 Å². The fraction of sp³-hybridized carbons (Fsp3) is 0.297. The predicted molar refractivity (Wildman–Crippen MR) is 197 cm³/mol. The summed E-state index contributed by atoms with van der Waals surface area (Å²) in [5.41, 5.74) is 18.8. The summed E-state index contributed by atoms with van der Waals surface area (Å²) in [7, 11) is 2.81. The van der Waals surface area contributed by atoms with Crippen LogP contribution in [0.15, 0.2) is 77.3 Å². The maximum atomic E-state index is 8.60. The van der Waals surface area contributed by atoms with Gasteiger partial charge in [-0.25, -0.2) is 4.85 Å². The lowest BCUT2D eigenvalue weighted by atomic mass is 9.75. The minimum atomic E-state index is -0.374. The molecule has 0 atom stereocenters. The lowest BCUT2D eigenvalue weighted by Crippen LogP contribution is -2.41. The number of nitriles is 1. The molecule has 0 amide bonds. The van der Waals surface area contributed by atoms with Crippen LogP contribution in [-0.4, -0.2) is 32.5 Å². The van der Waals surface area contributed by atoms with Crippen molar-refractivity contribution in [2.45, 2.75) is 60.2 Å². The molecule has 8 nitrogen and oxygen atoms in total. The molecule has 1 fully saturated rings. The smallest absolute Gasteiger partial charge is 0.497 e. The summed E-state index contributed by atoms with van der Waals surface area (Å²) in [5, 5.41) is 8.60. The van der Waals surface area contributed by atoms with Crippen molar-refractivity contribution in [2.75, 3.05) is 25.7 Å². The molecular formula is C37H44BBrN4O4. The van der Waals surface area contributed by atoms with Crippen LogP contribution in [0.5, 0.6) is 11.5 Å². The second kappa shape index (κ2) is 16.4. The van der Waals surface area contributed by atoms with Crippen LogP contribution in [0.2, 0.25) is 0 Å². The van der Waals surface area contributed by atoms with Crippen LogP contribution < -0.4 is 26.4 Å². The molecule has 0 radical (unpaired) electrons. The molecule has 1 heterocycles. The molecule has 4 aromatic carbocycles. The molecular weight excluding hydrogens is 655 g/mol. The van der Waals surface area contributed by atoms with Crippen molar-refractivity contribution in [3.05, 3.63) is 105 Å². The van der Waals surface area contributed by atoms with Crippen LogP contribution in [0.25, 0.3) is 16.0 Å². The zero-order chi connectivity index (χ0) is 34.2. The molecule has 0 saturated carbocycles. The number of aryl methyl sites for hydroxylation is 2. The van der Waals surface area contributed by atoms with E-state index < -0.39 is 0 Å². The predicted octanol–water partition coefficient (Wildman–Crippen LogP) is 8.65. The van der Waals surface area contributed by atoms with E-state index in [0.717, 1.165) is 43.6 Å². The van der Waals surface area contributed by atoms with Crippen molar-refractivity contribution in [1.82, 2.24) is 0 Å². The lowest BCUT2D eigenvalue weighted by molar-refractivity contribution is 0.00578. The second-order valence-electron chi connectivity index (χ2n) is 11.7. The standard InChI is InChI=1S/C15H14N2O.C13H20BNO2.C8H6BrNO.CH4/c1-10-5-4-6-13(16)15(10)12-9-11(18-3)7-8-14(12)17-2;1-9-7-6-8-10(15)11(9)14-16-12(2,3)13(4,5)17-14;1-11-7-2-3-8(9)6(4-7)5-10;/h4-9H,16H2,1,3H3;6-8H,15H2,1-5H3;2-4H,1H3;1H4. The Morgan fingerprint density at radius 2 is 1.36 bits per heavy atom. The van der Waals surface area contributed by atoms with Crippen LogP contribution in [0.3, 0.4) is 0 Å². The molecule has 10 heteroatoms. The van der Waals surface area contributed by atoms with E-state index in [1.54, 1.807) is 44.6 Å². The van der Waals surface area contributed by atoms with E-state index >= 15 is 0 Å². The first-order chi connectivity index (χ1) is 21.7. The van der Waals surface area contributed by atoms with Gasteiger partial charge in [0.2, 0.25) is 0 Å². The van der Waals surface area contributed by atoms with Gasteiger partial charge in [0.05, 0.1) is 37.6 Å². The van der Waals surface area contributed by atoms with Crippen molar-refractivity contribution < 1.29 is 18.8 Å². The minimum absolute atomic E-state index is 0. The van der Waals surface area contributed by atoms with E-state index in [4.69, 9.17) is 42.1 Å². The fourth-order valence-electron chi connectivity index (χ4n) is 4.70. The van der Waals surface area contributed by atoms with Gasteiger partial charge in [-0.2, -0.15) is 5.26 Å². The molecule has 0 unspecified atom stereocenters. The number of benzene rings is 4. The monoisotopic (exact) mass is 698 g/mol. The van der Waals surface area contributed by atoms with Gasteiger partial charge in [-0.3, -0.25) is 0 Å². The summed E-state index contributed by atoms with van der Waals surface area (Å²) < 4.78 is 23.0. The summed E-state index contributed by atoms with van der Waals surface area (Å²) in [6.45, 7) is 19.4. The average Bonchev–Trinajstić information content (AvgIpc) is 3.23. The third kappa shape index (κ3) is 9.08. The van der Waals surface area contributed by atoms with E-state index in [1.807, 2.05) is 90.1 Å². The molecule has 0 aliphatic carbocycles. The maximum absolute atomic E-state index is 8.60. The van der Waals surface area contributed by atoms with Gasteiger partial charge in [0, 0.05) is 21.3 Å². The highest BCUT2D eigenvalue weighted by molar-refractivity contribution is 9.10. The van der Waals surface area contributed by atoms with Gasteiger partial charge >= 0.3 is 7.12 Å². The second-order valence-corrected chi connectivity index (χ2v) is 12.5. The topological polar surface area (TPSA) is 117 Å². The molecule has 5 rings (SSSR count). The van der Waals surface area contributed by atoms with Gasteiger partial charge < -0.3 is 30.2 Å². The van der Waals surface area contributed by atoms with E-state index in [-0.39, 0.29) is 25.7 Å². The number of halogens is 1. The minimum Gasteiger partial charge on any atom is -0.497 e. The van der Waals surface area contributed by atoms with E-state index in [2.05, 4.69) is 20.8 Å². The molecule has 1 aliphatic rings. The van der Waals surface area contributed by atoms with Crippen LogP contribution in [-0.2, 0) is 9.31 Å². The summed E-state index contributed by atoms with van der Waals surface area (Å²) in [6, 6.07) is 24.3. The molecule has 1 aliphatic heterocycles. The summed E-state index contributed by atoms with van der Waals surface area (Å²) >= 11 is 3.24. The third-order valence-corrected chi connectivity index (χ3v) is 8.73. The highest BCUT2D eigenvalue weighted by atomic mass is 79.9. The maximum Gasteiger partial charge on any atom is 0.497 e. The van der Waals surface area contributed by atoms with Crippen LogP contribution >= 0.6 is 15.9 Å². The quantitative estimate of drug-likeness (QED) is 0.124. The lowest BCUT2D eigenvalue weighted by Gasteiger charge is -2.32. The Morgan fingerprint density at radius 3 is 1.87 bits per heavy atom. The largest absolute Gasteiger partial charge is 0.497 e. The normalized spacial score (nSPS) is 13.7. The van der Waals surface area contributed by atoms with Crippen molar-refractivity contribution in [3.8, 4) is 28.7 Å². The van der Waals surface area contributed by atoms with Gasteiger partial charge in [0.15, 0.2) is 5.69 Å². The Labute approximate surface area is 288 Å². The van der Waals surface area contributed by atoms with Gasteiger partial charge in [0.25, 0.3) is 0 Å². The summed E-state index contributed by atoms with van der Waals surface area (Å²) in [6.07, 6.45) is 0. The Hall–Kier alpha value is -4.48. The van der Waals surface area contributed by atoms with Crippen LogP contribution in [0, 0.1) is 31.8 Å². The Morgan fingerprint density at radius 1 is 0.830 bits per heavy atom. The molecule has 47 heavy (non-hydrogen) atoms. The van der Waals surface area contributed by atoms with Gasteiger partial charge in [-0.1, -0.05) is 37.8 Å². The number of ether oxygens (including phenoxy) is 2. The first kappa shape index (κ1) is 38.7. The van der Waals surface area contributed by atoms with E-state index in [0.29, 0.717) is 22.7 Å². The van der Waals surface area contributed by atoms with Gasteiger partial charge in [-0.05, 0) is 122 Å². The number of nitrogens with zero attached hydrogens (tertiary/aromatic N) is 2. The molecule has 246 valence electrons. The van der Waals surface area contributed by atoms with Crippen molar-refractivity contribution >= 4 is 45.6 Å². The molecule has 0 aromatic heterocycles. The van der Waals surface area contributed by atoms with Crippen LogP contribution in [0.4, 0.5) is 17.1 Å². The number of rotatable bonds is 4. The summed E-state index contributed by atoms with van der Waals surface area (Å²) in [5.74, 6) is 1.42. The number of anilines is 2. The molecule has 4 N–H and O–H groups in total. The number of hydrogen-bond donors (Lipinski definition) is 2. The Kier molecular flexibility index (Phi) is 13.5. The van der Waals surface area contributed by atoms with Crippen LogP contribution in [0.1, 0.15) is 51.8 Å². The number of nitrogen functional groups attached to an aromatic ring is 2. The zero-order valence-electron chi connectivity index (χ0n) is 27.6. The van der Waals surface area contributed by atoms with Crippen molar-refractivity contribution in [1.29, 1.82) is 5.26 Å². The fourth-order valence-corrected chi connectivity index (χ4v) is 5.04. The summed E-state index contributed by atoms with van der Waals surface area (Å²) in [4.78, 5) is 3.54.